The zero-order valence-electron chi connectivity index (χ0n) is 14.9. The standard InChI is InChI=1S/C17H28FN5O/c1-5-17(18)8-6-16(4,7-9-17)23-15-20-10-12(13(19)24)14(22-15)21-11(2)3/h10-11H,5-9H2,1-4H3,(H2,19,24)(H2,20,21,22,23). The molecule has 0 aliphatic heterocycles. The lowest BCUT2D eigenvalue weighted by Crippen LogP contribution is -2.44. The third-order valence-corrected chi connectivity index (χ3v) is 4.78. The Bertz CT molecular complexity index is 597. The summed E-state index contributed by atoms with van der Waals surface area (Å²) in [4.78, 5) is 20.1. The number of nitrogens with two attached hydrogens (primary N) is 1. The van der Waals surface area contributed by atoms with Crippen molar-refractivity contribution in [2.75, 3.05) is 10.6 Å². The van der Waals surface area contributed by atoms with Crippen LogP contribution >= 0.6 is 0 Å². The number of halogens is 1. The van der Waals surface area contributed by atoms with Gasteiger partial charge in [0.05, 0.1) is 5.56 Å². The van der Waals surface area contributed by atoms with Crippen LogP contribution in [0.3, 0.4) is 0 Å². The van der Waals surface area contributed by atoms with Gasteiger partial charge in [0.2, 0.25) is 5.95 Å². The number of nitrogens with zero attached hydrogens (tertiary/aromatic N) is 2. The van der Waals surface area contributed by atoms with E-state index in [2.05, 4.69) is 27.5 Å². The van der Waals surface area contributed by atoms with Crippen LogP contribution < -0.4 is 16.4 Å². The van der Waals surface area contributed by atoms with Gasteiger partial charge in [0.15, 0.2) is 0 Å². The minimum atomic E-state index is -1.05. The van der Waals surface area contributed by atoms with E-state index in [9.17, 15) is 9.18 Å². The normalized spacial score (nSPS) is 27.1. The number of nitrogens with one attached hydrogen (secondary N) is 2. The number of anilines is 2. The number of primary amides is 1. The maximum absolute atomic E-state index is 14.4. The molecule has 0 saturated heterocycles. The van der Waals surface area contributed by atoms with Gasteiger partial charge in [0, 0.05) is 17.8 Å². The summed E-state index contributed by atoms with van der Waals surface area (Å²) < 4.78 is 14.4. The lowest BCUT2D eigenvalue weighted by Gasteiger charge is -2.41. The average molecular weight is 337 g/mol. The second-order valence-electron chi connectivity index (χ2n) is 7.31. The number of amides is 1. The predicted molar refractivity (Wildman–Crippen MR) is 93.9 cm³/mol. The Morgan fingerprint density at radius 1 is 1.38 bits per heavy atom. The Hall–Kier alpha value is -1.92. The second kappa shape index (κ2) is 6.91. The molecule has 0 atom stereocenters. The summed E-state index contributed by atoms with van der Waals surface area (Å²) in [6, 6.07) is 0.104. The van der Waals surface area contributed by atoms with Crippen molar-refractivity contribution in [3.8, 4) is 0 Å². The molecule has 1 aliphatic carbocycles. The molecular formula is C17H28FN5O. The fourth-order valence-electron chi connectivity index (χ4n) is 3.00. The number of hydrogen-bond donors (Lipinski definition) is 3. The van der Waals surface area contributed by atoms with Crippen molar-refractivity contribution < 1.29 is 9.18 Å². The highest BCUT2D eigenvalue weighted by atomic mass is 19.1. The van der Waals surface area contributed by atoms with E-state index in [1.54, 1.807) is 0 Å². The maximum atomic E-state index is 14.4. The molecule has 1 aromatic rings. The highest BCUT2D eigenvalue weighted by Gasteiger charge is 2.39. The molecule has 134 valence electrons. The lowest BCUT2D eigenvalue weighted by molar-refractivity contribution is 0.0785. The molecule has 1 fully saturated rings. The van der Waals surface area contributed by atoms with E-state index in [1.165, 1.54) is 6.20 Å². The molecular weight excluding hydrogens is 309 g/mol. The summed E-state index contributed by atoms with van der Waals surface area (Å²) in [5.41, 5.74) is 4.33. The molecule has 1 aliphatic rings. The summed E-state index contributed by atoms with van der Waals surface area (Å²) in [5.74, 6) is 0.273. The maximum Gasteiger partial charge on any atom is 0.254 e. The van der Waals surface area contributed by atoms with E-state index in [4.69, 9.17) is 5.73 Å². The SMILES string of the molecule is CCC1(F)CCC(C)(Nc2ncc(C(N)=O)c(NC(C)C)n2)CC1. The number of hydrogen-bond acceptors (Lipinski definition) is 5. The molecule has 1 amide bonds. The number of rotatable bonds is 6. The summed E-state index contributed by atoms with van der Waals surface area (Å²) in [6.07, 6.45) is 4.47. The Labute approximate surface area is 142 Å². The zero-order valence-corrected chi connectivity index (χ0v) is 14.9. The van der Waals surface area contributed by atoms with Crippen molar-refractivity contribution in [2.45, 2.75) is 77.0 Å². The molecule has 24 heavy (non-hydrogen) atoms. The van der Waals surface area contributed by atoms with Crippen molar-refractivity contribution in [2.24, 2.45) is 5.73 Å². The molecule has 1 saturated carbocycles. The quantitative estimate of drug-likeness (QED) is 0.741. The van der Waals surface area contributed by atoms with Gasteiger partial charge in [-0.25, -0.2) is 9.37 Å². The molecule has 7 heteroatoms. The van der Waals surface area contributed by atoms with Crippen LogP contribution in [0, 0.1) is 0 Å². The molecule has 0 aromatic carbocycles. The molecule has 4 N–H and O–H groups in total. The molecule has 1 aromatic heterocycles. The molecule has 0 unspecified atom stereocenters. The van der Waals surface area contributed by atoms with Crippen LogP contribution in [-0.4, -0.2) is 33.1 Å². The van der Waals surface area contributed by atoms with Crippen LogP contribution in [0.1, 0.15) is 70.2 Å². The second-order valence-corrected chi connectivity index (χ2v) is 7.31. The molecule has 2 rings (SSSR count). The van der Waals surface area contributed by atoms with Crippen LogP contribution in [-0.2, 0) is 0 Å². The Morgan fingerprint density at radius 3 is 2.50 bits per heavy atom. The first kappa shape index (κ1) is 18.4. The third-order valence-electron chi connectivity index (χ3n) is 4.78. The van der Waals surface area contributed by atoms with Crippen LogP contribution in [0.4, 0.5) is 16.2 Å². The fourth-order valence-corrected chi connectivity index (χ4v) is 3.00. The van der Waals surface area contributed by atoms with Gasteiger partial charge in [-0.3, -0.25) is 4.79 Å². The van der Waals surface area contributed by atoms with Gasteiger partial charge in [-0.2, -0.15) is 4.98 Å². The molecule has 0 bridgehead atoms. The zero-order chi connectivity index (χ0) is 18.0. The van der Waals surface area contributed by atoms with E-state index in [-0.39, 0.29) is 17.1 Å². The Balaban J connectivity index is 2.16. The van der Waals surface area contributed by atoms with E-state index < -0.39 is 11.6 Å². The lowest BCUT2D eigenvalue weighted by atomic mass is 9.75. The highest BCUT2D eigenvalue weighted by molar-refractivity contribution is 5.97. The van der Waals surface area contributed by atoms with Crippen LogP contribution in [0.25, 0.3) is 0 Å². The van der Waals surface area contributed by atoms with Gasteiger partial charge in [-0.15, -0.1) is 0 Å². The van der Waals surface area contributed by atoms with Crippen LogP contribution in [0.2, 0.25) is 0 Å². The van der Waals surface area contributed by atoms with Crippen molar-refractivity contribution in [3.05, 3.63) is 11.8 Å². The van der Waals surface area contributed by atoms with E-state index in [0.29, 0.717) is 43.9 Å². The van der Waals surface area contributed by atoms with Crippen molar-refractivity contribution in [1.29, 1.82) is 0 Å². The molecule has 0 radical (unpaired) electrons. The first-order chi connectivity index (χ1) is 11.2. The molecule has 1 heterocycles. The Morgan fingerprint density at radius 2 is 2.00 bits per heavy atom. The van der Waals surface area contributed by atoms with Crippen LogP contribution in [0.15, 0.2) is 6.20 Å². The number of aromatic nitrogens is 2. The fraction of sp³-hybridized carbons (Fsp3) is 0.706. The van der Waals surface area contributed by atoms with Crippen molar-refractivity contribution in [1.82, 2.24) is 9.97 Å². The first-order valence-electron chi connectivity index (χ1n) is 8.57. The average Bonchev–Trinajstić information content (AvgIpc) is 2.50. The topological polar surface area (TPSA) is 92.9 Å². The largest absolute Gasteiger partial charge is 0.367 e. The first-order valence-corrected chi connectivity index (χ1v) is 8.57. The number of carbonyl (C=O) groups is 1. The summed E-state index contributed by atoms with van der Waals surface area (Å²) in [5, 5.41) is 6.43. The van der Waals surface area contributed by atoms with Crippen molar-refractivity contribution >= 4 is 17.7 Å². The van der Waals surface area contributed by atoms with Crippen LogP contribution in [0.5, 0.6) is 0 Å². The van der Waals surface area contributed by atoms with Crippen molar-refractivity contribution in [3.63, 3.8) is 0 Å². The molecule has 6 nitrogen and oxygen atoms in total. The summed E-state index contributed by atoms with van der Waals surface area (Å²) >= 11 is 0. The van der Waals surface area contributed by atoms with Gasteiger partial charge in [-0.05, 0) is 52.9 Å². The van der Waals surface area contributed by atoms with Gasteiger partial charge in [-0.1, -0.05) is 6.92 Å². The number of alkyl halides is 1. The minimum absolute atomic E-state index is 0.104. The highest BCUT2D eigenvalue weighted by Crippen LogP contribution is 2.40. The Kier molecular flexibility index (Phi) is 5.30. The predicted octanol–water partition coefficient (Wildman–Crippen LogP) is 3.26. The van der Waals surface area contributed by atoms with Gasteiger partial charge >= 0.3 is 0 Å². The van der Waals surface area contributed by atoms with E-state index in [0.717, 1.165) is 0 Å². The molecule has 0 spiro atoms. The minimum Gasteiger partial charge on any atom is -0.367 e. The number of carbonyl (C=O) groups excluding carboxylic acids is 1. The van der Waals surface area contributed by atoms with Gasteiger partial charge in [0.25, 0.3) is 5.91 Å². The van der Waals surface area contributed by atoms with E-state index in [1.807, 2.05) is 20.8 Å². The summed E-state index contributed by atoms with van der Waals surface area (Å²) in [6.45, 7) is 7.86. The van der Waals surface area contributed by atoms with Gasteiger partial charge < -0.3 is 16.4 Å². The third kappa shape index (κ3) is 4.33. The smallest absolute Gasteiger partial charge is 0.254 e. The monoisotopic (exact) mass is 337 g/mol. The summed E-state index contributed by atoms with van der Waals surface area (Å²) in [7, 11) is 0. The van der Waals surface area contributed by atoms with E-state index >= 15 is 0 Å². The van der Waals surface area contributed by atoms with Gasteiger partial charge in [0.1, 0.15) is 11.5 Å².